The molecule has 1 heterocycles. The summed E-state index contributed by atoms with van der Waals surface area (Å²) >= 11 is 3.22. The van der Waals surface area contributed by atoms with Crippen LogP contribution in [0.3, 0.4) is 0 Å². The topological polar surface area (TPSA) is 59.5 Å². The lowest BCUT2D eigenvalue weighted by Gasteiger charge is -2.28. The highest BCUT2D eigenvalue weighted by Gasteiger charge is 2.27. The fraction of sp³-hybridized carbons (Fsp3) is 0.583. The van der Waals surface area contributed by atoms with E-state index in [4.69, 9.17) is 0 Å². The number of imidazole rings is 1. The fourth-order valence-corrected chi connectivity index (χ4v) is 3.84. The van der Waals surface area contributed by atoms with Crippen molar-refractivity contribution in [3.05, 3.63) is 46.8 Å². The van der Waals surface area contributed by atoms with Crippen LogP contribution in [-0.4, -0.2) is 20.0 Å². The van der Waals surface area contributed by atoms with Crippen LogP contribution in [-0.2, 0) is 23.9 Å². The molecule has 0 aliphatic rings. The number of phenolic OH excluding ortho intramolecular Hbond substituents is 1. The molecular formula is C24H36BrN3O2. The average molecular weight is 478 g/mol. The molecule has 166 valence electrons. The summed E-state index contributed by atoms with van der Waals surface area (Å²) in [4.78, 5) is 13.3. The zero-order valence-electron chi connectivity index (χ0n) is 19.6. The minimum Gasteiger partial charge on any atom is -0.507 e. The second-order valence-electron chi connectivity index (χ2n) is 10.5. The highest BCUT2D eigenvalue weighted by atomic mass is 79.9. The first kappa shape index (κ1) is 24.4. The maximum atomic E-state index is 13.3. The van der Waals surface area contributed by atoms with E-state index in [-0.39, 0.29) is 28.9 Å². The van der Waals surface area contributed by atoms with Gasteiger partial charge in [-0.25, -0.2) is 0 Å². The van der Waals surface area contributed by atoms with Crippen LogP contribution in [0.2, 0.25) is 0 Å². The van der Waals surface area contributed by atoms with Crippen LogP contribution in [0.25, 0.3) is 0 Å². The van der Waals surface area contributed by atoms with Gasteiger partial charge < -0.3 is 14.2 Å². The third kappa shape index (κ3) is 5.65. The molecule has 0 bridgehead atoms. The predicted molar refractivity (Wildman–Crippen MR) is 126 cm³/mol. The summed E-state index contributed by atoms with van der Waals surface area (Å²) in [5.41, 5.74) is 2.38. The number of benzene rings is 1. The summed E-state index contributed by atoms with van der Waals surface area (Å²) in [6.45, 7) is 17.7. The number of aromatic nitrogens is 2. The Hall–Kier alpha value is -1.82. The molecule has 6 heteroatoms. The first-order chi connectivity index (χ1) is 13.8. The molecule has 0 fully saturated rings. The Kier molecular flexibility index (Phi) is 7.44. The molecule has 2 aromatic rings. The lowest BCUT2D eigenvalue weighted by Crippen LogP contribution is -2.28. The Morgan fingerprint density at radius 2 is 1.53 bits per heavy atom. The molecule has 2 rings (SSSR count). The number of aromatic hydroxyl groups is 1. The van der Waals surface area contributed by atoms with E-state index in [2.05, 4.69) is 38.6 Å². The van der Waals surface area contributed by atoms with Crippen LogP contribution in [0.4, 0.5) is 0 Å². The second-order valence-corrected chi connectivity index (χ2v) is 10.9. The van der Waals surface area contributed by atoms with Gasteiger partial charge in [0.25, 0.3) is 0 Å². The van der Waals surface area contributed by atoms with E-state index in [1.165, 1.54) is 0 Å². The summed E-state index contributed by atoms with van der Waals surface area (Å²) in [6.07, 6.45) is 4.90. The van der Waals surface area contributed by atoms with Crippen molar-refractivity contribution in [2.24, 2.45) is 9.94 Å². The van der Waals surface area contributed by atoms with E-state index in [1.807, 2.05) is 70.6 Å². The van der Waals surface area contributed by atoms with Crippen LogP contribution >= 0.6 is 16.1 Å². The maximum Gasteiger partial charge on any atom is 0.217 e. The molecule has 0 unspecified atom stereocenters. The van der Waals surface area contributed by atoms with Crippen molar-refractivity contribution < 1.29 is 9.90 Å². The molecule has 0 atom stereocenters. The van der Waals surface area contributed by atoms with Gasteiger partial charge in [0, 0.05) is 35.6 Å². The normalized spacial score (nSPS) is 13.3. The highest BCUT2D eigenvalue weighted by Crippen LogP contribution is 2.39. The van der Waals surface area contributed by atoms with Crippen molar-refractivity contribution >= 4 is 21.9 Å². The fourth-order valence-electron chi connectivity index (χ4n) is 3.44. The van der Waals surface area contributed by atoms with E-state index in [9.17, 15) is 9.90 Å². The number of halogens is 1. The number of aryl methyl sites for hydroxylation is 1. The standard InChI is InChI=1S/C24H36BrN3O2/c1-16(2)9-10-27-11-12-28(22(27)26-25)15-20(29)17-13-18(23(3,4)5)21(30)19(14-17)24(6,7)8/h11-14,16,30H,9-10,15H2,1-8H3/b26-22-. The summed E-state index contributed by atoms with van der Waals surface area (Å²) in [6, 6.07) is 3.68. The molecule has 1 aromatic carbocycles. The third-order valence-corrected chi connectivity index (χ3v) is 5.64. The van der Waals surface area contributed by atoms with Crippen molar-refractivity contribution in [1.29, 1.82) is 0 Å². The Balaban J connectivity index is 2.45. The van der Waals surface area contributed by atoms with Crippen LogP contribution in [0.5, 0.6) is 5.75 Å². The van der Waals surface area contributed by atoms with E-state index >= 15 is 0 Å². The van der Waals surface area contributed by atoms with Gasteiger partial charge in [0.2, 0.25) is 5.62 Å². The lowest BCUT2D eigenvalue weighted by atomic mass is 9.78. The van der Waals surface area contributed by atoms with E-state index in [0.717, 1.165) is 29.7 Å². The van der Waals surface area contributed by atoms with Gasteiger partial charge >= 0.3 is 0 Å². The number of rotatable bonds is 6. The van der Waals surface area contributed by atoms with Gasteiger partial charge in [-0.2, -0.15) is 4.02 Å². The van der Waals surface area contributed by atoms with Gasteiger partial charge in [-0.3, -0.25) is 4.79 Å². The lowest BCUT2D eigenvalue weighted by molar-refractivity contribution is 0.0970. The van der Waals surface area contributed by atoms with Gasteiger partial charge in [0.05, 0.1) is 22.7 Å². The minimum atomic E-state index is -0.274. The van der Waals surface area contributed by atoms with Crippen molar-refractivity contribution in [3.63, 3.8) is 0 Å². The van der Waals surface area contributed by atoms with Crippen LogP contribution in [0.1, 0.15) is 83.3 Å². The summed E-state index contributed by atoms with van der Waals surface area (Å²) in [7, 11) is 0. The quantitative estimate of drug-likeness (QED) is 0.539. The maximum absolute atomic E-state index is 13.3. The van der Waals surface area contributed by atoms with E-state index in [0.29, 0.717) is 11.5 Å². The Bertz CT molecular complexity index is 935. The third-order valence-electron chi connectivity index (χ3n) is 5.33. The number of Topliss-reactive ketones (excluding diaryl/α,β-unsaturated/α-hetero) is 1. The molecule has 1 N–H and O–H groups in total. The highest BCUT2D eigenvalue weighted by molar-refractivity contribution is 9.08. The van der Waals surface area contributed by atoms with E-state index in [1.54, 1.807) is 0 Å². The van der Waals surface area contributed by atoms with Gasteiger partial charge in [-0.1, -0.05) is 55.4 Å². The summed E-state index contributed by atoms with van der Waals surface area (Å²) < 4.78 is 8.14. The molecule has 0 amide bonds. The summed E-state index contributed by atoms with van der Waals surface area (Å²) in [5.74, 6) is 0.875. The predicted octanol–water partition coefficient (Wildman–Crippen LogP) is 5.73. The first-order valence-corrected chi connectivity index (χ1v) is 11.3. The van der Waals surface area contributed by atoms with Gasteiger partial charge in [0.1, 0.15) is 5.75 Å². The zero-order chi connectivity index (χ0) is 22.9. The first-order valence-electron chi connectivity index (χ1n) is 10.6. The molecule has 0 spiro atoms. The van der Waals surface area contributed by atoms with Crippen molar-refractivity contribution in [2.75, 3.05) is 0 Å². The smallest absolute Gasteiger partial charge is 0.217 e. The van der Waals surface area contributed by atoms with Crippen molar-refractivity contribution in [1.82, 2.24) is 9.13 Å². The van der Waals surface area contributed by atoms with Crippen LogP contribution < -0.4 is 5.62 Å². The number of nitrogens with zero attached hydrogens (tertiary/aromatic N) is 3. The van der Waals surface area contributed by atoms with Gasteiger partial charge in [-0.05, 0) is 35.3 Å². The van der Waals surface area contributed by atoms with Crippen molar-refractivity contribution in [2.45, 2.75) is 85.7 Å². The molecule has 0 saturated carbocycles. The monoisotopic (exact) mass is 477 g/mol. The second kappa shape index (κ2) is 9.13. The van der Waals surface area contributed by atoms with E-state index < -0.39 is 0 Å². The Labute approximate surface area is 189 Å². The number of carbonyl (C=O) groups is 1. The average Bonchev–Trinajstić information content (AvgIpc) is 2.99. The summed E-state index contributed by atoms with van der Waals surface area (Å²) in [5, 5.41) is 10.9. The Morgan fingerprint density at radius 3 is 1.97 bits per heavy atom. The molecule has 5 nitrogen and oxygen atoms in total. The van der Waals surface area contributed by atoms with Crippen LogP contribution in [0, 0.1) is 5.92 Å². The molecule has 0 radical (unpaired) electrons. The van der Waals surface area contributed by atoms with Gasteiger partial charge in [-0.15, -0.1) is 0 Å². The molecule has 0 aliphatic heterocycles. The van der Waals surface area contributed by atoms with Gasteiger partial charge in [0.15, 0.2) is 5.78 Å². The molecule has 0 saturated heterocycles. The molecule has 30 heavy (non-hydrogen) atoms. The number of phenols is 1. The van der Waals surface area contributed by atoms with Crippen LogP contribution in [0.15, 0.2) is 28.5 Å². The molecule has 1 aromatic heterocycles. The zero-order valence-corrected chi connectivity index (χ0v) is 21.2. The van der Waals surface area contributed by atoms with Crippen molar-refractivity contribution in [3.8, 4) is 5.75 Å². The SMILES string of the molecule is CC(C)CCn1ccn(CC(=O)c2cc(C(C)(C)C)c(O)c(C(C)(C)C)c2)/c1=N\Br. The number of hydrogen-bond donors (Lipinski definition) is 1. The minimum absolute atomic E-state index is 0.00462. The number of carbonyl (C=O) groups excluding carboxylic acids is 1. The number of hydrogen-bond acceptors (Lipinski definition) is 3. The number of ketones is 1. The largest absolute Gasteiger partial charge is 0.507 e. The molecule has 0 aliphatic carbocycles. The Morgan fingerprint density at radius 1 is 1.03 bits per heavy atom. The molecular weight excluding hydrogens is 442 g/mol.